The van der Waals surface area contributed by atoms with Crippen LogP contribution < -0.4 is 10.5 Å². The van der Waals surface area contributed by atoms with Gasteiger partial charge in [0.1, 0.15) is 0 Å². The number of thioether (sulfide) groups is 1. The van der Waals surface area contributed by atoms with Crippen LogP contribution in [0.3, 0.4) is 0 Å². The topological polar surface area (TPSA) is 78.6 Å². The number of esters is 2. The van der Waals surface area contributed by atoms with Crippen LogP contribution in [0, 0.1) is 0 Å². The Morgan fingerprint density at radius 1 is 1.37 bits per heavy atom. The molecule has 5 nitrogen and oxygen atoms in total. The summed E-state index contributed by atoms with van der Waals surface area (Å²) in [5.74, 6) is 0.365. The second-order valence-corrected chi connectivity index (χ2v) is 4.80. The Labute approximate surface area is 116 Å². The molecule has 0 aliphatic rings. The quantitative estimate of drug-likeness (QED) is 0.373. The Hall–Kier alpha value is -1.69. The normalized spacial score (nSPS) is 10.0. The number of anilines is 1. The molecule has 0 heterocycles. The van der Waals surface area contributed by atoms with Crippen LogP contribution in [0.15, 0.2) is 18.2 Å². The van der Waals surface area contributed by atoms with Crippen LogP contribution in [0.25, 0.3) is 0 Å². The Kier molecular flexibility index (Phi) is 6.21. The minimum atomic E-state index is -0.482. The lowest BCUT2D eigenvalue weighted by Gasteiger charge is -2.08. The Bertz CT molecular complexity index is 462. The smallest absolute Gasteiger partial charge is 0.337 e. The lowest BCUT2D eigenvalue weighted by Crippen LogP contribution is -2.10. The number of nitrogens with two attached hydrogens (primary N) is 1. The van der Waals surface area contributed by atoms with Crippen molar-refractivity contribution < 1.29 is 19.1 Å². The largest absolute Gasteiger partial charge is 0.465 e. The Morgan fingerprint density at radius 2 is 2.11 bits per heavy atom. The summed E-state index contributed by atoms with van der Waals surface area (Å²) >= 11 is 1.68. The van der Waals surface area contributed by atoms with E-state index in [-0.39, 0.29) is 17.4 Å². The average molecular weight is 283 g/mol. The third-order valence-electron chi connectivity index (χ3n) is 2.38. The fourth-order valence-corrected chi connectivity index (χ4v) is 1.85. The molecule has 0 amide bonds. The maximum Gasteiger partial charge on any atom is 0.337 e. The molecule has 0 unspecified atom stereocenters. The first-order chi connectivity index (χ1) is 9.08. The van der Waals surface area contributed by atoms with Crippen molar-refractivity contribution in [3.63, 3.8) is 0 Å². The first kappa shape index (κ1) is 15.4. The molecule has 6 heteroatoms. The van der Waals surface area contributed by atoms with E-state index >= 15 is 0 Å². The van der Waals surface area contributed by atoms with Gasteiger partial charge < -0.3 is 15.2 Å². The number of carbonyl (C=O) groups excluding carboxylic acids is 2. The van der Waals surface area contributed by atoms with Crippen LogP contribution in [0.1, 0.15) is 23.2 Å². The van der Waals surface area contributed by atoms with Crippen LogP contribution in [0.2, 0.25) is 0 Å². The van der Waals surface area contributed by atoms with Crippen LogP contribution in [0.4, 0.5) is 5.69 Å². The van der Waals surface area contributed by atoms with Crippen LogP contribution >= 0.6 is 11.8 Å². The number of ether oxygens (including phenoxy) is 2. The predicted octanol–water partition coefficient (Wildman–Crippen LogP) is 2.10. The number of nitrogen functional groups attached to an aromatic ring is 1. The standard InChI is InChI=1S/C13H17NO4S/c1-17-13(16)9-5-6-11(10(14)8-9)18-12(15)4-3-7-19-2/h5-6,8H,3-4,7,14H2,1-2H3. The van der Waals surface area contributed by atoms with Gasteiger partial charge in [-0.15, -0.1) is 0 Å². The van der Waals surface area contributed by atoms with Gasteiger partial charge in [-0.05, 0) is 36.6 Å². The molecule has 104 valence electrons. The van der Waals surface area contributed by atoms with Crippen molar-refractivity contribution in [3.05, 3.63) is 23.8 Å². The Balaban J connectivity index is 2.64. The fraction of sp³-hybridized carbons (Fsp3) is 0.385. The monoisotopic (exact) mass is 283 g/mol. The summed E-state index contributed by atoms with van der Waals surface area (Å²) in [6.45, 7) is 0. The molecule has 0 atom stereocenters. The molecule has 0 radical (unpaired) electrons. The van der Waals surface area contributed by atoms with E-state index in [1.54, 1.807) is 11.8 Å². The molecule has 1 aromatic rings. The zero-order valence-electron chi connectivity index (χ0n) is 11.0. The fourth-order valence-electron chi connectivity index (χ4n) is 1.42. The van der Waals surface area contributed by atoms with Gasteiger partial charge in [0.2, 0.25) is 0 Å². The van der Waals surface area contributed by atoms with E-state index in [4.69, 9.17) is 10.5 Å². The summed E-state index contributed by atoms with van der Waals surface area (Å²) in [4.78, 5) is 22.8. The van der Waals surface area contributed by atoms with E-state index in [1.165, 1.54) is 25.3 Å². The van der Waals surface area contributed by atoms with Crippen LogP contribution in [-0.4, -0.2) is 31.1 Å². The molecular formula is C13H17NO4S. The molecule has 2 N–H and O–H groups in total. The maximum atomic E-state index is 11.5. The van der Waals surface area contributed by atoms with Gasteiger partial charge in [0, 0.05) is 6.42 Å². The summed E-state index contributed by atoms with van der Waals surface area (Å²) in [7, 11) is 1.29. The Morgan fingerprint density at radius 3 is 2.68 bits per heavy atom. The van der Waals surface area contributed by atoms with Gasteiger partial charge in [-0.3, -0.25) is 4.79 Å². The van der Waals surface area contributed by atoms with E-state index in [0.29, 0.717) is 12.0 Å². The lowest BCUT2D eigenvalue weighted by molar-refractivity contribution is -0.134. The van der Waals surface area contributed by atoms with Crippen LogP contribution in [-0.2, 0) is 9.53 Å². The first-order valence-corrected chi connectivity index (χ1v) is 7.15. The lowest BCUT2D eigenvalue weighted by atomic mass is 10.2. The number of methoxy groups -OCH3 is 1. The van der Waals surface area contributed by atoms with E-state index < -0.39 is 5.97 Å². The predicted molar refractivity (Wildman–Crippen MR) is 75.4 cm³/mol. The maximum absolute atomic E-state index is 11.5. The van der Waals surface area contributed by atoms with Gasteiger partial charge in [-0.2, -0.15) is 11.8 Å². The van der Waals surface area contributed by atoms with E-state index in [1.807, 2.05) is 6.26 Å². The molecule has 0 aliphatic carbocycles. The van der Waals surface area contributed by atoms with E-state index in [0.717, 1.165) is 12.2 Å². The highest BCUT2D eigenvalue weighted by atomic mass is 32.2. The molecule has 0 spiro atoms. The zero-order chi connectivity index (χ0) is 14.3. The molecule has 1 rings (SSSR count). The van der Waals surface area contributed by atoms with Gasteiger partial charge in [0.25, 0.3) is 0 Å². The van der Waals surface area contributed by atoms with Crippen molar-refractivity contribution in [1.29, 1.82) is 0 Å². The first-order valence-electron chi connectivity index (χ1n) is 5.76. The van der Waals surface area contributed by atoms with Gasteiger partial charge in [-0.25, -0.2) is 4.79 Å². The van der Waals surface area contributed by atoms with Crippen molar-refractivity contribution in [1.82, 2.24) is 0 Å². The van der Waals surface area contributed by atoms with Crippen molar-refractivity contribution in [2.24, 2.45) is 0 Å². The highest BCUT2D eigenvalue weighted by Gasteiger charge is 2.11. The highest BCUT2D eigenvalue weighted by Crippen LogP contribution is 2.23. The molecule has 0 saturated heterocycles. The summed E-state index contributed by atoms with van der Waals surface area (Å²) in [6.07, 6.45) is 3.09. The molecule has 0 bridgehead atoms. The molecule has 0 aromatic heterocycles. The molecule has 0 saturated carbocycles. The third kappa shape index (κ3) is 4.82. The number of carbonyl (C=O) groups is 2. The minimum Gasteiger partial charge on any atom is -0.465 e. The highest BCUT2D eigenvalue weighted by molar-refractivity contribution is 7.98. The average Bonchev–Trinajstić information content (AvgIpc) is 2.40. The van der Waals surface area contributed by atoms with Crippen molar-refractivity contribution >= 4 is 29.4 Å². The van der Waals surface area contributed by atoms with E-state index in [9.17, 15) is 9.59 Å². The number of benzene rings is 1. The van der Waals surface area contributed by atoms with Gasteiger partial charge in [0.15, 0.2) is 5.75 Å². The second-order valence-electron chi connectivity index (χ2n) is 3.81. The summed E-state index contributed by atoms with van der Waals surface area (Å²) in [5, 5.41) is 0. The summed E-state index contributed by atoms with van der Waals surface area (Å²) < 4.78 is 9.71. The number of rotatable bonds is 6. The molecular weight excluding hydrogens is 266 g/mol. The van der Waals surface area contributed by atoms with Crippen molar-refractivity contribution in [2.75, 3.05) is 24.9 Å². The summed E-state index contributed by atoms with van der Waals surface area (Å²) in [6, 6.07) is 4.43. The van der Waals surface area contributed by atoms with Gasteiger partial charge in [-0.1, -0.05) is 0 Å². The zero-order valence-corrected chi connectivity index (χ0v) is 11.8. The van der Waals surface area contributed by atoms with Crippen LogP contribution in [0.5, 0.6) is 5.75 Å². The third-order valence-corrected chi connectivity index (χ3v) is 3.08. The molecule has 19 heavy (non-hydrogen) atoms. The van der Waals surface area contributed by atoms with Crippen molar-refractivity contribution in [2.45, 2.75) is 12.8 Å². The summed E-state index contributed by atoms with van der Waals surface area (Å²) in [5.41, 5.74) is 6.29. The van der Waals surface area contributed by atoms with Gasteiger partial charge in [0.05, 0.1) is 18.4 Å². The second kappa shape index (κ2) is 7.68. The minimum absolute atomic E-state index is 0.237. The van der Waals surface area contributed by atoms with Gasteiger partial charge >= 0.3 is 11.9 Å². The molecule has 1 aromatic carbocycles. The van der Waals surface area contributed by atoms with E-state index in [2.05, 4.69) is 4.74 Å². The molecule has 0 aliphatic heterocycles. The van der Waals surface area contributed by atoms with Crippen molar-refractivity contribution in [3.8, 4) is 5.75 Å². The number of hydrogen-bond donors (Lipinski definition) is 1. The molecule has 0 fully saturated rings. The number of hydrogen-bond acceptors (Lipinski definition) is 6. The SMILES string of the molecule is COC(=O)c1ccc(OC(=O)CCCSC)c(N)c1.